The predicted octanol–water partition coefficient (Wildman–Crippen LogP) is 2.95. The van der Waals surface area contributed by atoms with Crippen LogP contribution in [0.1, 0.15) is 40.5 Å². The van der Waals surface area contributed by atoms with Crippen molar-refractivity contribution in [1.29, 1.82) is 0 Å². The number of anilines is 1. The van der Waals surface area contributed by atoms with E-state index in [9.17, 15) is 14.4 Å². The van der Waals surface area contributed by atoms with Crippen LogP contribution < -0.4 is 5.32 Å². The van der Waals surface area contributed by atoms with Gasteiger partial charge in [0.05, 0.1) is 29.9 Å². The summed E-state index contributed by atoms with van der Waals surface area (Å²) < 4.78 is 9.94. The number of carbonyl (C=O) groups is 3. The fourth-order valence-corrected chi connectivity index (χ4v) is 3.13. The first-order valence-electron chi connectivity index (χ1n) is 8.98. The topological polar surface area (TPSA) is 88.9 Å². The van der Waals surface area contributed by atoms with Crippen LogP contribution in [-0.4, -0.2) is 42.4 Å². The van der Waals surface area contributed by atoms with Gasteiger partial charge in [-0.3, -0.25) is 9.59 Å². The molecule has 2 heterocycles. The molecule has 1 N–H and O–H groups in total. The van der Waals surface area contributed by atoms with Gasteiger partial charge in [-0.25, -0.2) is 4.79 Å². The minimum absolute atomic E-state index is 0.134. The molecule has 142 valence electrons. The molecule has 1 aromatic carbocycles. The Labute approximate surface area is 157 Å². The van der Waals surface area contributed by atoms with E-state index in [2.05, 4.69) is 5.32 Å². The first kappa shape index (κ1) is 18.7. The van der Waals surface area contributed by atoms with Crippen molar-refractivity contribution in [3.05, 3.63) is 54.0 Å². The molecule has 1 atom stereocenters. The number of amides is 2. The van der Waals surface area contributed by atoms with E-state index in [0.29, 0.717) is 36.3 Å². The first-order chi connectivity index (χ1) is 13.1. The lowest BCUT2D eigenvalue weighted by Gasteiger charge is -2.31. The van der Waals surface area contributed by atoms with Gasteiger partial charge in [0.25, 0.3) is 5.91 Å². The third-order valence-electron chi connectivity index (χ3n) is 4.49. The second-order valence-electron chi connectivity index (χ2n) is 6.39. The van der Waals surface area contributed by atoms with Gasteiger partial charge in [-0.05, 0) is 44.0 Å². The molecular weight excluding hydrogens is 348 g/mol. The van der Waals surface area contributed by atoms with E-state index in [0.717, 1.165) is 6.42 Å². The Bertz CT molecular complexity index is 816. The third kappa shape index (κ3) is 4.55. The van der Waals surface area contributed by atoms with Crippen LogP contribution in [0.15, 0.2) is 47.3 Å². The summed E-state index contributed by atoms with van der Waals surface area (Å²) in [6, 6.07) is 8.26. The maximum absolute atomic E-state index is 12.6. The number of likely N-dealkylation sites (tertiary alicyclic amines) is 1. The molecule has 3 rings (SSSR count). The Morgan fingerprint density at radius 3 is 2.85 bits per heavy atom. The summed E-state index contributed by atoms with van der Waals surface area (Å²) in [6.07, 6.45) is 4.33. The van der Waals surface area contributed by atoms with E-state index in [1.165, 1.54) is 12.5 Å². The number of hydrogen-bond donors (Lipinski definition) is 1. The number of furan rings is 1. The van der Waals surface area contributed by atoms with Crippen molar-refractivity contribution in [1.82, 2.24) is 4.90 Å². The summed E-state index contributed by atoms with van der Waals surface area (Å²) in [5.41, 5.74) is 1.40. The van der Waals surface area contributed by atoms with Crippen LogP contribution >= 0.6 is 0 Å². The van der Waals surface area contributed by atoms with Crippen molar-refractivity contribution in [3.63, 3.8) is 0 Å². The number of rotatable bonds is 5. The van der Waals surface area contributed by atoms with Gasteiger partial charge in [-0.2, -0.15) is 0 Å². The molecule has 2 aromatic rings. The highest BCUT2D eigenvalue weighted by molar-refractivity contribution is 5.97. The van der Waals surface area contributed by atoms with Crippen molar-refractivity contribution < 1.29 is 23.5 Å². The highest BCUT2D eigenvalue weighted by Gasteiger charge is 2.29. The molecule has 0 saturated carbocycles. The number of esters is 1. The van der Waals surface area contributed by atoms with Crippen molar-refractivity contribution in [3.8, 4) is 0 Å². The lowest BCUT2D eigenvalue weighted by atomic mass is 9.96. The molecule has 1 aliphatic heterocycles. The number of nitrogens with zero attached hydrogens (tertiary/aromatic N) is 1. The Kier molecular flexibility index (Phi) is 5.90. The average Bonchev–Trinajstić information content (AvgIpc) is 3.22. The number of carbonyl (C=O) groups excluding carboxylic acids is 3. The molecule has 27 heavy (non-hydrogen) atoms. The van der Waals surface area contributed by atoms with Crippen LogP contribution in [0.25, 0.3) is 0 Å². The van der Waals surface area contributed by atoms with Crippen molar-refractivity contribution in [2.24, 2.45) is 5.92 Å². The maximum Gasteiger partial charge on any atom is 0.338 e. The number of hydrogen-bond acceptors (Lipinski definition) is 5. The summed E-state index contributed by atoms with van der Waals surface area (Å²) >= 11 is 0. The molecule has 2 amide bonds. The van der Waals surface area contributed by atoms with Crippen LogP contribution in [0.2, 0.25) is 0 Å². The number of piperidine rings is 1. The van der Waals surface area contributed by atoms with Crippen LogP contribution in [0.5, 0.6) is 0 Å². The van der Waals surface area contributed by atoms with Crippen LogP contribution in [0, 0.1) is 5.92 Å². The summed E-state index contributed by atoms with van der Waals surface area (Å²) in [7, 11) is 0. The molecule has 0 spiro atoms. The number of ether oxygens (including phenoxy) is 1. The summed E-state index contributed by atoms with van der Waals surface area (Å²) in [5, 5.41) is 2.84. The molecule has 0 aliphatic carbocycles. The molecule has 1 unspecified atom stereocenters. The molecule has 1 saturated heterocycles. The Hall–Kier alpha value is -3.09. The average molecular weight is 370 g/mol. The highest BCUT2D eigenvalue weighted by atomic mass is 16.5. The monoisotopic (exact) mass is 370 g/mol. The van der Waals surface area contributed by atoms with Crippen molar-refractivity contribution in [2.75, 3.05) is 25.0 Å². The van der Waals surface area contributed by atoms with Gasteiger partial charge in [-0.15, -0.1) is 0 Å². The van der Waals surface area contributed by atoms with Gasteiger partial charge < -0.3 is 19.4 Å². The highest BCUT2D eigenvalue weighted by Crippen LogP contribution is 2.21. The zero-order chi connectivity index (χ0) is 19.2. The SMILES string of the molecule is CCOC(=O)c1cccc(NC(=O)C2CCCN(C(=O)c3ccoc3)C2)c1. The zero-order valence-corrected chi connectivity index (χ0v) is 15.1. The van der Waals surface area contributed by atoms with E-state index in [4.69, 9.17) is 9.15 Å². The number of benzene rings is 1. The van der Waals surface area contributed by atoms with Crippen LogP contribution in [-0.2, 0) is 9.53 Å². The summed E-state index contributed by atoms with van der Waals surface area (Å²) in [6.45, 7) is 3.00. The summed E-state index contributed by atoms with van der Waals surface area (Å²) in [5.74, 6) is -1.03. The quantitative estimate of drug-likeness (QED) is 0.818. The largest absolute Gasteiger partial charge is 0.472 e. The van der Waals surface area contributed by atoms with Crippen molar-refractivity contribution >= 4 is 23.5 Å². The molecule has 1 aromatic heterocycles. The van der Waals surface area contributed by atoms with Gasteiger partial charge >= 0.3 is 5.97 Å². The lowest BCUT2D eigenvalue weighted by Crippen LogP contribution is -2.43. The van der Waals surface area contributed by atoms with Gasteiger partial charge in [0.1, 0.15) is 6.26 Å². The van der Waals surface area contributed by atoms with E-state index in [1.54, 1.807) is 42.2 Å². The molecule has 7 heteroatoms. The van der Waals surface area contributed by atoms with E-state index >= 15 is 0 Å². The van der Waals surface area contributed by atoms with Gasteiger partial charge in [0.15, 0.2) is 0 Å². The van der Waals surface area contributed by atoms with Gasteiger partial charge in [0, 0.05) is 18.8 Å². The zero-order valence-electron chi connectivity index (χ0n) is 15.1. The second-order valence-corrected chi connectivity index (χ2v) is 6.39. The molecule has 0 bridgehead atoms. The minimum atomic E-state index is -0.428. The predicted molar refractivity (Wildman–Crippen MR) is 98.4 cm³/mol. The van der Waals surface area contributed by atoms with E-state index in [1.807, 2.05) is 0 Å². The Morgan fingerprint density at radius 1 is 1.26 bits per heavy atom. The molecule has 0 radical (unpaired) electrons. The van der Waals surface area contributed by atoms with E-state index in [-0.39, 0.29) is 24.3 Å². The molecule has 7 nitrogen and oxygen atoms in total. The normalized spacial score (nSPS) is 16.6. The maximum atomic E-state index is 12.6. The van der Waals surface area contributed by atoms with E-state index < -0.39 is 5.97 Å². The van der Waals surface area contributed by atoms with Gasteiger partial charge in [0.2, 0.25) is 5.91 Å². The molecule has 1 aliphatic rings. The van der Waals surface area contributed by atoms with Crippen molar-refractivity contribution in [2.45, 2.75) is 19.8 Å². The fourth-order valence-electron chi connectivity index (χ4n) is 3.13. The molecular formula is C20H22N2O5. The minimum Gasteiger partial charge on any atom is -0.472 e. The fraction of sp³-hybridized carbons (Fsp3) is 0.350. The lowest BCUT2D eigenvalue weighted by molar-refractivity contribution is -0.121. The third-order valence-corrected chi connectivity index (χ3v) is 4.49. The molecule has 1 fully saturated rings. The Morgan fingerprint density at radius 2 is 2.11 bits per heavy atom. The van der Waals surface area contributed by atoms with Crippen LogP contribution in [0.4, 0.5) is 5.69 Å². The smallest absolute Gasteiger partial charge is 0.338 e. The first-order valence-corrected chi connectivity index (χ1v) is 8.98. The summed E-state index contributed by atoms with van der Waals surface area (Å²) in [4.78, 5) is 38.6. The standard InChI is InChI=1S/C20H22N2O5/c1-2-27-20(25)14-5-3-7-17(11-14)21-18(23)15-6-4-9-22(12-15)19(24)16-8-10-26-13-16/h3,5,7-8,10-11,13,15H,2,4,6,9,12H2,1H3,(H,21,23). The second kappa shape index (κ2) is 8.53. The number of nitrogens with one attached hydrogen (secondary N) is 1. The van der Waals surface area contributed by atoms with Gasteiger partial charge in [-0.1, -0.05) is 6.07 Å². The Balaban J connectivity index is 1.63. The van der Waals surface area contributed by atoms with Crippen LogP contribution in [0.3, 0.4) is 0 Å².